The van der Waals surface area contributed by atoms with E-state index < -0.39 is 29.5 Å². The predicted molar refractivity (Wildman–Crippen MR) is 74.9 cm³/mol. The Morgan fingerprint density at radius 1 is 1.43 bits per heavy atom. The molecule has 0 saturated carbocycles. The highest BCUT2D eigenvalue weighted by atomic mass is 16.5. The molecule has 0 aromatic heterocycles. The second kappa shape index (κ2) is 3.95. The van der Waals surface area contributed by atoms with Crippen molar-refractivity contribution in [3.05, 3.63) is 42.0 Å². The predicted octanol–water partition coefficient (Wildman–Crippen LogP) is 1.37. The van der Waals surface area contributed by atoms with Gasteiger partial charge in [0.05, 0.1) is 18.6 Å². The lowest BCUT2D eigenvalue weighted by Gasteiger charge is -2.22. The van der Waals surface area contributed by atoms with Crippen LogP contribution in [0.4, 0.5) is 5.69 Å². The smallest absolute Gasteiger partial charge is 0.310 e. The van der Waals surface area contributed by atoms with Crippen molar-refractivity contribution in [3.8, 4) is 0 Å². The molecule has 5 heteroatoms. The van der Waals surface area contributed by atoms with Gasteiger partial charge in [0.2, 0.25) is 5.91 Å². The Morgan fingerprint density at radius 2 is 2.19 bits per heavy atom. The van der Waals surface area contributed by atoms with Gasteiger partial charge in [-0.3, -0.25) is 9.59 Å². The molecular weight excluding hydrogens is 270 g/mol. The van der Waals surface area contributed by atoms with Crippen LogP contribution in [0, 0.1) is 18.8 Å². The fourth-order valence-electron chi connectivity index (χ4n) is 3.85. The van der Waals surface area contributed by atoms with E-state index in [9.17, 15) is 14.7 Å². The van der Waals surface area contributed by atoms with Crippen LogP contribution in [0.3, 0.4) is 0 Å². The van der Waals surface area contributed by atoms with Gasteiger partial charge in [-0.15, -0.1) is 0 Å². The van der Waals surface area contributed by atoms with E-state index in [1.54, 1.807) is 11.0 Å². The summed E-state index contributed by atoms with van der Waals surface area (Å²) < 4.78 is 5.87. The number of fused-ring (bicyclic) bond motifs is 1. The summed E-state index contributed by atoms with van der Waals surface area (Å²) in [7, 11) is 0. The molecule has 1 N–H and O–H groups in total. The zero-order chi connectivity index (χ0) is 14.8. The van der Waals surface area contributed by atoms with E-state index in [0.717, 1.165) is 11.3 Å². The fraction of sp³-hybridized carbons (Fsp3) is 0.375. The average Bonchev–Trinajstić information content (AvgIpc) is 3.08. The molecule has 0 aliphatic carbocycles. The summed E-state index contributed by atoms with van der Waals surface area (Å²) in [5, 5.41) is 9.42. The molecule has 1 aromatic carbocycles. The summed E-state index contributed by atoms with van der Waals surface area (Å²) in [6.07, 6.45) is 3.18. The van der Waals surface area contributed by atoms with Crippen LogP contribution in [-0.2, 0) is 14.3 Å². The van der Waals surface area contributed by atoms with Gasteiger partial charge in [0.15, 0.2) is 0 Å². The highest BCUT2D eigenvalue weighted by Gasteiger charge is 2.67. The minimum absolute atomic E-state index is 0.149. The van der Waals surface area contributed by atoms with Crippen molar-refractivity contribution in [1.29, 1.82) is 0 Å². The number of amides is 1. The standard InChI is InChI=1S/C16H15NO4/c1-9-4-2-3-5-10(9)17-8-16-7-6-11(21-16)12(15(19)20)13(16)14(17)18/h2-7,11-13H,8H2,1H3,(H,19,20)/t11-,12+,13+,16+/m0/s1. The monoisotopic (exact) mass is 285 g/mol. The molecule has 1 spiro atoms. The van der Waals surface area contributed by atoms with Crippen molar-refractivity contribution in [2.45, 2.75) is 18.6 Å². The Balaban J connectivity index is 1.78. The van der Waals surface area contributed by atoms with Crippen molar-refractivity contribution in [2.75, 3.05) is 11.4 Å². The number of rotatable bonds is 2. The number of nitrogens with zero attached hydrogens (tertiary/aromatic N) is 1. The summed E-state index contributed by atoms with van der Waals surface area (Å²) in [5.41, 5.74) is 1.05. The molecule has 2 saturated heterocycles. The number of benzene rings is 1. The number of ether oxygens (including phenoxy) is 1. The van der Waals surface area contributed by atoms with E-state index in [1.807, 2.05) is 37.3 Å². The highest BCUT2D eigenvalue weighted by molar-refractivity contribution is 6.02. The zero-order valence-electron chi connectivity index (χ0n) is 11.5. The molecule has 1 amide bonds. The van der Waals surface area contributed by atoms with Crippen LogP contribution in [0.25, 0.3) is 0 Å². The topological polar surface area (TPSA) is 66.8 Å². The molecule has 3 aliphatic heterocycles. The normalized spacial score (nSPS) is 36.3. The number of anilines is 1. The second-order valence-corrected chi connectivity index (χ2v) is 5.95. The lowest BCUT2D eigenvalue weighted by atomic mass is 9.77. The molecule has 108 valence electrons. The van der Waals surface area contributed by atoms with E-state index in [2.05, 4.69) is 0 Å². The molecule has 3 aliphatic rings. The maximum Gasteiger partial charge on any atom is 0.310 e. The largest absolute Gasteiger partial charge is 0.481 e. The molecule has 4 rings (SSSR count). The van der Waals surface area contributed by atoms with Crippen LogP contribution in [0.1, 0.15) is 5.56 Å². The Bertz CT molecular complexity index is 683. The molecule has 0 unspecified atom stereocenters. The Labute approximate surface area is 121 Å². The lowest BCUT2D eigenvalue weighted by Crippen LogP contribution is -2.39. The van der Waals surface area contributed by atoms with Gasteiger partial charge in [0.1, 0.15) is 11.5 Å². The molecule has 3 heterocycles. The van der Waals surface area contributed by atoms with E-state index in [-0.39, 0.29) is 5.91 Å². The number of aliphatic carboxylic acids is 1. The molecule has 2 bridgehead atoms. The number of hydrogen-bond donors (Lipinski definition) is 1. The number of carboxylic acid groups (broad SMARTS) is 1. The Kier molecular flexibility index (Phi) is 2.37. The number of hydrogen-bond acceptors (Lipinski definition) is 3. The molecule has 21 heavy (non-hydrogen) atoms. The summed E-state index contributed by atoms with van der Waals surface area (Å²) in [4.78, 5) is 26.0. The van der Waals surface area contributed by atoms with Crippen LogP contribution in [0.5, 0.6) is 0 Å². The van der Waals surface area contributed by atoms with Crippen LogP contribution >= 0.6 is 0 Å². The fourth-order valence-corrected chi connectivity index (χ4v) is 3.85. The first kappa shape index (κ1) is 12.6. The summed E-state index contributed by atoms with van der Waals surface area (Å²) in [6, 6.07) is 7.62. The summed E-state index contributed by atoms with van der Waals surface area (Å²) >= 11 is 0. The van der Waals surface area contributed by atoms with Crippen LogP contribution in [0.15, 0.2) is 36.4 Å². The van der Waals surface area contributed by atoms with Crippen molar-refractivity contribution in [2.24, 2.45) is 11.8 Å². The number of carboxylic acids is 1. The van der Waals surface area contributed by atoms with Crippen LogP contribution < -0.4 is 4.90 Å². The molecule has 2 fully saturated rings. The zero-order valence-corrected chi connectivity index (χ0v) is 11.5. The van der Waals surface area contributed by atoms with Gasteiger partial charge in [0, 0.05) is 5.69 Å². The van der Waals surface area contributed by atoms with Crippen molar-refractivity contribution in [1.82, 2.24) is 0 Å². The number of para-hydroxylation sites is 1. The third-order valence-corrected chi connectivity index (χ3v) is 4.79. The van der Waals surface area contributed by atoms with Gasteiger partial charge in [-0.2, -0.15) is 0 Å². The Hall–Kier alpha value is -2.14. The molecule has 1 aromatic rings. The van der Waals surface area contributed by atoms with E-state index in [4.69, 9.17) is 4.74 Å². The quantitative estimate of drug-likeness (QED) is 0.833. The van der Waals surface area contributed by atoms with Crippen LogP contribution in [-0.4, -0.2) is 35.2 Å². The van der Waals surface area contributed by atoms with E-state index >= 15 is 0 Å². The van der Waals surface area contributed by atoms with Gasteiger partial charge in [-0.25, -0.2) is 0 Å². The lowest BCUT2D eigenvalue weighted by molar-refractivity contribution is -0.146. The number of carbonyl (C=O) groups is 2. The first-order valence-corrected chi connectivity index (χ1v) is 7.00. The number of aryl methyl sites for hydroxylation is 1. The number of carbonyl (C=O) groups excluding carboxylic acids is 1. The van der Waals surface area contributed by atoms with Crippen molar-refractivity contribution >= 4 is 17.6 Å². The van der Waals surface area contributed by atoms with E-state index in [0.29, 0.717) is 6.54 Å². The van der Waals surface area contributed by atoms with Crippen molar-refractivity contribution in [3.63, 3.8) is 0 Å². The highest BCUT2D eigenvalue weighted by Crippen LogP contribution is 2.52. The van der Waals surface area contributed by atoms with Gasteiger partial charge in [-0.05, 0) is 18.6 Å². The minimum Gasteiger partial charge on any atom is -0.481 e. The second-order valence-electron chi connectivity index (χ2n) is 5.95. The third-order valence-electron chi connectivity index (χ3n) is 4.79. The molecular formula is C16H15NO4. The average molecular weight is 285 g/mol. The molecule has 0 radical (unpaired) electrons. The van der Waals surface area contributed by atoms with Gasteiger partial charge in [-0.1, -0.05) is 30.4 Å². The summed E-state index contributed by atoms with van der Waals surface area (Å²) in [5.74, 6) is -2.51. The maximum atomic E-state index is 12.8. The third kappa shape index (κ3) is 1.49. The van der Waals surface area contributed by atoms with Crippen molar-refractivity contribution < 1.29 is 19.4 Å². The molecule has 4 atom stereocenters. The first-order chi connectivity index (χ1) is 10.0. The van der Waals surface area contributed by atoms with Crippen LogP contribution in [0.2, 0.25) is 0 Å². The minimum atomic E-state index is -0.962. The SMILES string of the molecule is Cc1ccccc1N1C[C@@]23C=C[C@H](O2)[C@@H](C(=O)O)[C@@H]3C1=O. The summed E-state index contributed by atoms with van der Waals surface area (Å²) in [6.45, 7) is 2.33. The van der Waals surface area contributed by atoms with Gasteiger partial charge < -0.3 is 14.7 Å². The maximum absolute atomic E-state index is 12.8. The van der Waals surface area contributed by atoms with Gasteiger partial charge >= 0.3 is 5.97 Å². The van der Waals surface area contributed by atoms with E-state index in [1.165, 1.54) is 0 Å². The Morgan fingerprint density at radius 3 is 2.90 bits per heavy atom. The first-order valence-electron chi connectivity index (χ1n) is 7.00. The molecule has 5 nitrogen and oxygen atoms in total. The van der Waals surface area contributed by atoms with Gasteiger partial charge in [0.25, 0.3) is 0 Å².